The van der Waals surface area contributed by atoms with Crippen molar-refractivity contribution in [2.75, 3.05) is 28.4 Å². The van der Waals surface area contributed by atoms with Crippen molar-refractivity contribution in [3.05, 3.63) is 65.4 Å². The van der Waals surface area contributed by atoms with E-state index in [9.17, 15) is 9.90 Å². The number of hydrogen-bond donors (Lipinski definition) is 2. The number of methoxy groups -OCH3 is 4. The van der Waals surface area contributed by atoms with Gasteiger partial charge < -0.3 is 29.0 Å². The molecule has 7 heteroatoms. The molecule has 0 aliphatic carbocycles. The highest BCUT2D eigenvalue weighted by Gasteiger charge is 2.23. The Morgan fingerprint density at radius 2 is 1.61 bits per heavy atom. The van der Waals surface area contributed by atoms with Gasteiger partial charge in [0.15, 0.2) is 23.0 Å². The molecule has 0 atom stereocenters. The lowest BCUT2D eigenvalue weighted by molar-refractivity contribution is 0.103. The predicted molar refractivity (Wildman–Crippen MR) is 126 cm³/mol. The average molecular weight is 447 g/mol. The second-order valence-electron chi connectivity index (χ2n) is 7.53. The first-order chi connectivity index (χ1) is 15.9. The third-order valence-corrected chi connectivity index (χ3v) is 5.63. The Morgan fingerprint density at radius 3 is 2.24 bits per heavy atom. The van der Waals surface area contributed by atoms with Crippen molar-refractivity contribution < 1.29 is 28.8 Å². The fourth-order valence-electron chi connectivity index (χ4n) is 4.05. The molecular weight excluding hydrogens is 422 g/mol. The fourth-order valence-corrected chi connectivity index (χ4v) is 4.05. The highest BCUT2D eigenvalue weighted by Crippen LogP contribution is 2.40. The van der Waals surface area contributed by atoms with E-state index < -0.39 is 0 Å². The van der Waals surface area contributed by atoms with Crippen molar-refractivity contribution in [3.8, 4) is 39.9 Å². The van der Waals surface area contributed by atoms with Gasteiger partial charge in [0.25, 0.3) is 0 Å². The first-order valence-corrected chi connectivity index (χ1v) is 10.3. The van der Waals surface area contributed by atoms with Crippen LogP contribution >= 0.6 is 0 Å². The quantitative estimate of drug-likeness (QED) is 0.383. The third kappa shape index (κ3) is 3.82. The summed E-state index contributed by atoms with van der Waals surface area (Å²) in [7, 11) is 6.17. The molecule has 2 N–H and O–H groups in total. The van der Waals surface area contributed by atoms with E-state index in [1.807, 2.05) is 31.2 Å². The lowest BCUT2D eigenvalue weighted by Crippen LogP contribution is -2.06. The van der Waals surface area contributed by atoms with Crippen LogP contribution < -0.4 is 18.9 Å². The number of ketones is 1. The van der Waals surface area contributed by atoms with Crippen LogP contribution in [0.2, 0.25) is 0 Å². The first kappa shape index (κ1) is 22.1. The van der Waals surface area contributed by atoms with Crippen molar-refractivity contribution in [1.82, 2.24) is 4.98 Å². The van der Waals surface area contributed by atoms with Gasteiger partial charge in [-0.2, -0.15) is 0 Å². The molecule has 4 aromatic rings. The van der Waals surface area contributed by atoms with Crippen molar-refractivity contribution in [3.63, 3.8) is 0 Å². The minimum absolute atomic E-state index is 0.0155. The van der Waals surface area contributed by atoms with Crippen LogP contribution in [0.15, 0.2) is 48.5 Å². The van der Waals surface area contributed by atoms with Gasteiger partial charge in [-0.3, -0.25) is 4.79 Å². The summed E-state index contributed by atoms with van der Waals surface area (Å²) >= 11 is 0. The molecule has 0 saturated heterocycles. The molecule has 0 aliphatic heterocycles. The zero-order chi connectivity index (χ0) is 23.7. The number of rotatable bonds is 7. The van der Waals surface area contributed by atoms with Gasteiger partial charge in [-0.05, 0) is 54.4 Å². The summed E-state index contributed by atoms with van der Waals surface area (Å²) in [6, 6.07) is 14.0. The number of aromatic nitrogens is 1. The highest BCUT2D eigenvalue weighted by molar-refractivity contribution is 6.17. The van der Waals surface area contributed by atoms with Crippen LogP contribution in [0.4, 0.5) is 0 Å². The maximum absolute atomic E-state index is 13.7. The number of aromatic hydroxyl groups is 1. The van der Waals surface area contributed by atoms with Crippen LogP contribution in [-0.4, -0.2) is 44.3 Å². The Balaban J connectivity index is 1.95. The number of fused-ring (bicyclic) bond motifs is 1. The summed E-state index contributed by atoms with van der Waals surface area (Å²) < 4.78 is 21.4. The molecule has 0 bridgehead atoms. The van der Waals surface area contributed by atoms with Crippen LogP contribution in [0, 0.1) is 6.92 Å². The number of benzene rings is 3. The number of aryl methyl sites for hydroxylation is 1. The van der Waals surface area contributed by atoms with Crippen molar-refractivity contribution in [1.29, 1.82) is 0 Å². The summed E-state index contributed by atoms with van der Waals surface area (Å²) in [5, 5.41) is 11.2. The summed E-state index contributed by atoms with van der Waals surface area (Å²) in [5.41, 5.74) is 3.69. The van der Waals surface area contributed by atoms with E-state index >= 15 is 0 Å². The number of ether oxygens (including phenoxy) is 4. The molecule has 0 amide bonds. The normalized spacial score (nSPS) is 10.8. The van der Waals surface area contributed by atoms with Gasteiger partial charge in [-0.25, -0.2) is 0 Å². The summed E-state index contributed by atoms with van der Waals surface area (Å²) in [5.74, 6) is 1.83. The van der Waals surface area contributed by atoms with E-state index in [1.165, 1.54) is 14.2 Å². The van der Waals surface area contributed by atoms with Crippen molar-refractivity contribution in [2.24, 2.45) is 0 Å². The topological polar surface area (TPSA) is 90.0 Å². The molecule has 0 saturated carbocycles. The van der Waals surface area contributed by atoms with E-state index in [1.54, 1.807) is 38.5 Å². The largest absolute Gasteiger partial charge is 0.504 e. The zero-order valence-electron chi connectivity index (χ0n) is 19.1. The first-order valence-electron chi connectivity index (χ1n) is 10.3. The van der Waals surface area contributed by atoms with E-state index in [4.69, 9.17) is 18.9 Å². The lowest BCUT2D eigenvalue weighted by Gasteiger charge is -2.13. The van der Waals surface area contributed by atoms with Gasteiger partial charge >= 0.3 is 0 Å². The van der Waals surface area contributed by atoms with Gasteiger partial charge in [-0.15, -0.1) is 0 Å². The Bertz CT molecular complexity index is 1350. The maximum atomic E-state index is 13.7. The van der Waals surface area contributed by atoms with Gasteiger partial charge in [0, 0.05) is 22.6 Å². The van der Waals surface area contributed by atoms with E-state index in [0.717, 1.165) is 16.5 Å². The molecular formula is C26H25NO6. The third-order valence-electron chi connectivity index (χ3n) is 5.63. The van der Waals surface area contributed by atoms with Crippen molar-refractivity contribution >= 4 is 16.7 Å². The number of carbonyl (C=O) groups excluding carboxylic acids is 1. The average Bonchev–Trinajstić information content (AvgIpc) is 3.21. The monoisotopic (exact) mass is 447 g/mol. The van der Waals surface area contributed by atoms with Crippen molar-refractivity contribution in [2.45, 2.75) is 6.92 Å². The number of carbonyl (C=O) groups is 1. The summed E-state index contributed by atoms with van der Waals surface area (Å²) in [6.45, 7) is 1.86. The molecule has 7 nitrogen and oxygen atoms in total. The van der Waals surface area contributed by atoms with Crippen LogP contribution in [0.3, 0.4) is 0 Å². The molecule has 0 fully saturated rings. The van der Waals surface area contributed by atoms with E-state index in [2.05, 4.69) is 4.98 Å². The Labute approximate surface area is 191 Å². The Hall–Kier alpha value is -4.13. The SMILES string of the molecule is COc1ccc2c(-c3ccc(OC)c(O)c3)c(C(=O)c3cc(C)c(OC)c(OC)c3)[nH]c2c1. The summed E-state index contributed by atoms with van der Waals surface area (Å²) in [6.07, 6.45) is 0. The van der Waals surface area contributed by atoms with E-state index in [-0.39, 0.29) is 11.5 Å². The number of phenols is 1. The van der Waals surface area contributed by atoms with Gasteiger partial charge in [-0.1, -0.05) is 6.07 Å². The molecule has 4 rings (SSSR count). The molecule has 0 spiro atoms. The number of phenolic OH excluding ortho intramolecular Hbond substituents is 1. The van der Waals surface area contributed by atoms with Gasteiger partial charge in [0.1, 0.15) is 5.75 Å². The van der Waals surface area contributed by atoms with E-state index in [0.29, 0.717) is 45.4 Å². The fraction of sp³-hybridized carbons (Fsp3) is 0.192. The van der Waals surface area contributed by atoms with Crippen LogP contribution in [0.25, 0.3) is 22.0 Å². The number of hydrogen-bond acceptors (Lipinski definition) is 6. The minimum Gasteiger partial charge on any atom is -0.504 e. The molecule has 3 aromatic carbocycles. The molecule has 170 valence electrons. The Morgan fingerprint density at radius 1 is 0.848 bits per heavy atom. The number of H-pyrrole nitrogens is 1. The van der Waals surface area contributed by atoms with Crippen LogP contribution in [0.1, 0.15) is 21.6 Å². The molecule has 1 aromatic heterocycles. The standard InChI is InChI=1S/C26H25NO6/c1-14-10-16(12-22(32-4)26(14)33-5)25(29)24-23(15-6-9-21(31-3)20(28)11-15)18-8-7-17(30-2)13-19(18)27-24/h6-13,27-28H,1-5H3. The number of aromatic amines is 1. The maximum Gasteiger partial charge on any atom is 0.209 e. The van der Waals surface area contributed by atoms with Gasteiger partial charge in [0.05, 0.1) is 39.6 Å². The molecule has 1 heterocycles. The van der Waals surface area contributed by atoms with Crippen LogP contribution in [-0.2, 0) is 0 Å². The Kier molecular flexibility index (Phi) is 5.87. The predicted octanol–water partition coefficient (Wildman–Crippen LogP) is 5.11. The molecule has 0 radical (unpaired) electrons. The highest BCUT2D eigenvalue weighted by atomic mass is 16.5. The smallest absolute Gasteiger partial charge is 0.209 e. The van der Waals surface area contributed by atoms with Crippen LogP contribution in [0.5, 0.6) is 28.7 Å². The zero-order valence-corrected chi connectivity index (χ0v) is 19.1. The van der Waals surface area contributed by atoms with Gasteiger partial charge in [0.2, 0.25) is 5.78 Å². The molecule has 33 heavy (non-hydrogen) atoms. The lowest BCUT2D eigenvalue weighted by atomic mass is 9.96. The second-order valence-corrected chi connectivity index (χ2v) is 7.53. The second kappa shape index (κ2) is 8.78. The number of nitrogens with one attached hydrogen (secondary N) is 1. The minimum atomic E-state index is -0.223. The summed E-state index contributed by atoms with van der Waals surface area (Å²) in [4.78, 5) is 17.0. The molecule has 0 unspecified atom stereocenters. The molecule has 0 aliphatic rings.